The molecule has 0 rings (SSSR count). The molecule has 3 N–H and O–H groups in total. The van der Waals surface area contributed by atoms with Crippen molar-refractivity contribution in [3.63, 3.8) is 0 Å². The minimum atomic E-state index is -3.41. The molecule has 0 spiro atoms. The van der Waals surface area contributed by atoms with Crippen molar-refractivity contribution in [3.8, 4) is 0 Å². The average molecular weight is 226 g/mol. The summed E-state index contributed by atoms with van der Waals surface area (Å²) >= 11 is 0. The summed E-state index contributed by atoms with van der Waals surface area (Å²) in [4.78, 5) is 10.6. The average Bonchev–Trinajstić information content (AvgIpc) is 2.15. The van der Waals surface area contributed by atoms with Gasteiger partial charge in [-0.1, -0.05) is 0 Å². The van der Waals surface area contributed by atoms with Crippen LogP contribution in [0.3, 0.4) is 0 Å². The van der Waals surface area contributed by atoms with Crippen LogP contribution in [0.1, 0.15) is 13.8 Å². The molecule has 0 fully saturated rings. The molecular formula is C6H15N2O5P. The summed E-state index contributed by atoms with van der Waals surface area (Å²) in [5.74, 6) is -0.718. The maximum atomic E-state index is 11.6. The molecule has 1 amide bonds. The zero-order chi connectivity index (χ0) is 11.0. The Hall–Kier alpha value is -0.460. The van der Waals surface area contributed by atoms with Gasteiger partial charge in [0.2, 0.25) is 0 Å². The van der Waals surface area contributed by atoms with Gasteiger partial charge in [-0.05, 0) is 13.8 Å². The second-order valence-electron chi connectivity index (χ2n) is 2.20. The van der Waals surface area contributed by atoms with E-state index in [1.807, 2.05) is 0 Å². The highest BCUT2D eigenvalue weighted by Crippen LogP contribution is 2.42. The highest BCUT2D eigenvalue weighted by molar-refractivity contribution is 7.51. The molecule has 0 heterocycles. The third-order valence-electron chi connectivity index (χ3n) is 1.16. The second kappa shape index (κ2) is 6.92. The van der Waals surface area contributed by atoms with E-state index in [-0.39, 0.29) is 19.8 Å². The Balaban J connectivity index is 4.08. The predicted molar refractivity (Wildman–Crippen MR) is 48.8 cm³/mol. The summed E-state index contributed by atoms with van der Waals surface area (Å²) in [7, 11) is -3.41. The lowest BCUT2D eigenvalue weighted by Gasteiger charge is -2.16. The van der Waals surface area contributed by atoms with Gasteiger partial charge in [-0.25, -0.2) is 15.1 Å². The number of carbonyl (C=O) groups excluding carboxylic acids is 1. The molecule has 0 bridgehead atoms. The molecule has 0 saturated carbocycles. The summed E-state index contributed by atoms with van der Waals surface area (Å²) in [5.41, 5.74) is 1.39. The van der Waals surface area contributed by atoms with Gasteiger partial charge in [-0.2, -0.15) is 0 Å². The summed E-state index contributed by atoms with van der Waals surface area (Å²) in [6.07, 6.45) is 0. The molecule has 0 aromatic rings. The Kier molecular flexibility index (Phi) is 6.69. The summed E-state index contributed by atoms with van der Waals surface area (Å²) in [6.45, 7) is 3.36. The van der Waals surface area contributed by atoms with Crippen molar-refractivity contribution in [2.24, 2.45) is 0 Å². The van der Waals surface area contributed by atoms with Gasteiger partial charge >= 0.3 is 7.75 Å². The lowest BCUT2D eigenvalue weighted by molar-refractivity contribution is -0.128. The van der Waals surface area contributed by atoms with Crippen LogP contribution in [0.25, 0.3) is 0 Å². The molecule has 0 unspecified atom stereocenters. The van der Waals surface area contributed by atoms with E-state index >= 15 is 0 Å². The number of amides is 1. The molecule has 0 aromatic carbocycles. The van der Waals surface area contributed by atoms with E-state index in [4.69, 9.17) is 14.3 Å². The fourth-order valence-corrected chi connectivity index (χ4v) is 1.95. The van der Waals surface area contributed by atoms with Crippen LogP contribution in [0.4, 0.5) is 0 Å². The van der Waals surface area contributed by atoms with E-state index in [0.717, 1.165) is 0 Å². The Bertz CT molecular complexity index is 212. The standard InChI is InChI=1S/C6H15N2O5P/c1-3-12-14(11,13-4-2)7-5-6(9)8-10/h10H,3-5H2,1-2H3,(H,7,11)(H,8,9). The summed E-state index contributed by atoms with van der Waals surface area (Å²) < 4.78 is 21.3. The van der Waals surface area contributed by atoms with Crippen molar-refractivity contribution in [2.75, 3.05) is 19.8 Å². The first-order chi connectivity index (χ1) is 6.58. The normalized spacial score (nSPS) is 11.4. The number of hydrogen-bond donors (Lipinski definition) is 3. The Morgan fingerprint density at radius 1 is 1.36 bits per heavy atom. The van der Waals surface area contributed by atoms with Crippen molar-refractivity contribution < 1.29 is 23.6 Å². The smallest absolute Gasteiger partial charge is 0.297 e. The highest BCUT2D eigenvalue weighted by atomic mass is 31.2. The van der Waals surface area contributed by atoms with Gasteiger partial charge in [0, 0.05) is 0 Å². The van der Waals surface area contributed by atoms with E-state index in [1.54, 1.807) is 13.8 Å². The van der Waals surface area contributed by atoms with Crippen LogP contribution in [-0.4, -0.2) is 30.9 Å². The molecule has 7 nitrogen and oxygen atoms in total. The monoisotopic (exact) mass is 226 g/mol. The zero-order valence-corrected chi connectivity index (χ0v) is 9.04. The first-order valence-electron chi connectivity index (χ1n) is 4.15. The van der Waals surface area contributed by atoms with Crippen LogP contribution in [0, 0.1) is 0 Å². The predicted octanol–water partition coefficient (Wildman–Crippen LogP) is 0.262. The molecule has 84 valence electrons. The van der Waals surface area contributed by atoms with Crippen LogP contribution in [0.15, 0.2) is 0 Å². The zero-order valence-electron chi connectivity index (χ0n) is 8.15. The van der Waals surface area contributed by atoms with E-state index in [1.165, 1.54) is 5.48 Å². The number of hydrogen-bond acceptors (Lipinski definition) is 5. The summed E-state index contributed by atoms with van der Waals surface area (Å²) in [5, 5.41) is 10.5. The molecule has 0 saturated heterocycles. The fraction of sp³-hybridized carbons (Fsp3) is 0.833. The molecule has 0 aliphatic heterocycles. The highest BCUT2D eigenvalue weighted by Gasteiger charge is 2.23. The van der Waals surface area contributed by atoms with Gasteiger partial charge in [0.05, 0.1) is 19.8 Å². The Morgan fingerprint density at radius 3 is 2.21 bits per heavy atom. The van der Waals surface area contributed by atoms with E-state index < -0.39 is 13.7 Å². The lowest BCUT2D eigenvalue weighted by atomic mass is 10.7. The SMILES string of the molecule is CCOP(=O)(NCC(=O)NO)OCC. The fourth-order valence-electron chi connectivity index (χ4n) is 0.677. The molecule has 0 radical (unpaired) electrons. The van der Waals surface area contributed by atoms with Gasteiger partial charge < -0.3 is 0 Å². The van der Waals surface area contributed by atoms with Crippen molar-refractivity contribution in [3.05, 3.63) is 0 Å². The molecular weight excluding hydrogens is 211 g/mol. The number of carbonyl (C=O) groups is 1. The van der Waals surface area contributed by atoms with Crippen molar-refractivity contribution in [1.82, 2.24) is 10.6 Å². The van der Waals surface area contributed by atoms with Crippen molar-refractivity contribution in [1.29, 1.82) is 0 Å². The second-order valence-corrected chi connectivity index (χ2v) is 4.03. The molecule has 0 aliphatic rings. The third-order valence-corrected chi connectivity index (χ3v) is 2.90. The molecule has 0 aromatic heterocycles. The lowest BCUT2D eigenvalue weighted by Crippen LogP contribution is -2.31. The first-order valence-corrected chi connectivity index (χ1v) is 5.69. The molecule has 8 heteroatoms. The van der Waals surface area contributed by atoms with E-state index in [0.29, 0.717) is 0 Å². The molecule has 14 heavy (non-hydrogen) atoms. The van der Waals surface area contributed by atoms with Crippen LogP contribution in [0.2, 0.25) is 0 Å². The maximum Gasteiger partial charge on any atom is 0.405 e. The van der Waals surface area contributed by atoms with Crippen LogP contribution < -0.4 is 10.6 Å². The molecule has 0 aliphatic carbocycles. The quantitative estimate of drug-likeness (QED) is 0.327. The Labute approximate surface area is 82.3 Å². The summed E-state index contributed by atoms with van der Waals surface area (Å²) in [6, 6.07) is 0. The maximum absolute atomic E-state index is 11.6. The largest absolute Gasteiger partial charge is 0.405 e. The minimum absolute atomic E-state index is 0.199. The van der Waals surface area contributed by atoms with Crippen LogP contribution >= 0.6 is 7.75 Å². The Morgan fingerprint density at radius 2 is 1.86 bits per heavy atom. The van der Waals surface area contributed by atoms with Gasteiger partial charge in [-0.3, -0.25) is 19.0 Å². The van der Waals surface area contributed by atoms with E-state index in [2.05, 4.69) is 5.09 Å². The van der Waals surface area contributed by atoms with Crippen LogP contribution in [-0.2, 0) is 18.4 Å². The van der Waals surface area contributed by atoms with Gasteiger partial charge in [-0.15, -0.1) is 0 Å². The van der Waals surface area contributed by atoms with Gasteiger partial charge in [0.15, 0.2) is 0 Å². The van der Waals surface area contributed by atoms with Crippen molar-refractivity contribution in [2.45, 2.75) is 13.8 Å². The first kappa shape index (κ1) is 13.5. The van der Waals surface area contributed by atoms with Crippen LogP contribution in [0.5, 0.6) is 0 Å². The van der Waals surface area contributed by atoms with E-state index in [9.17, 15) is 9.36 Å². The van der Waals surface area contributed by atoms with Gasteiger partial charge in [0.1, 0.15) is 0 Å². The van der Waals surface area contributed by atoms with Gasteiger partial charge in [0.25, 0.3) is 5.91 Å². The topological polar surface area (TPSA) is 96.9 Å². The number of rotatable bonds is 7. The third kappa shape index (κ3) is 5.31. The number of nitrogens with one attached hydrogen (secondary N) is 2. The number of hydroxylamine groups is 1. The van der Waals surface area contributed by atoms with Crippen molar-refractivity contribution >= 4 is 13.7 Å². The molecule has 0 atom stereocenters. The minimum Gasteiger partial charge on any atom is -0.297 e.